The van der Waals surface area contributed by atoms with Gasteiger partial charge in [-0.3, -0.25) is 19.4 Å². The number of hydrogen-bond acceptors (Lipinski definition) is 7. The van der Waals surface area contributed by atoms with Crippen molar-refractivity contribution in [2.45, 2.75) is 13.5 Å². The first-order chi connectivity index (χ1) is 12.6. The molecule has 2 N–H and O–H groups in total. The molecule has 1 aliphatic rings. The summed E-state index contributed by atoms with van der Waals surface area (Å²) in [6.45, 7) is 6.13. The maximum Gasteiger partial charge on any atom is 0.239 e. The summed E-state index contributed by atoms with van der Waals surface area (Å²) in [4.78, 5) is 37.1. The third-order valence-corrected chi connectivity index (χ3v) is 4.88. The van der Waals surface area contributed by atoms with Crippen molar-refractivity contribution in [3.05, 3.63) is 35.5 Å². The minimum Gasteiger partial charge on any atom is -0.310 e. The molecule has 0 unspecified atom stereocenters. The fourth-order valence-electron chi connectivity index (χ4n) is 2.74. The minimum atomic E-state index is -0.108. The van der Waals surface area contributed by atoms with Crippen molar-refractivity contribution in [1.29, 1.82) is 0 Å². The van der Waals surface area contributed by atoms with Crippen LogP contribution in [-0.2, 0) is 16.1 Å². The predicted octanol–water partition coefficient (Wildman–Crippen LogP) is 1.25. The number of amides is 2. The van der Waals surface area contributed by atoms with Gasteiger partial charge >= 0.3 is 0 Å². The topological polar surface area (TPSA) is 90.5 Å². The fourth-order valence-corrected chi connectivity index (χ4v) is 3.64. The highest BCUT2D eigenvalue weighted by Gasteiger charge is 2.20. The monoisotopic (exact) mass is 374 g/mol. The van der Waals surface area contributed by atoms with Crippen LogP contribution in [0.25, 0.3) is 0 Å². The van der Waals surface area contributed by atoms with E-state index in [1.54, 1.807) is 12.3 Å². The van der Waals surface area contributed by atoms with E-state index in [-0.39, 0.29) is 11.8 Å². The van der Waals surface area contributed by atoms with Crippen LogP contribution in [0.2, 0.25) is 0 Å². The first kappa shape index (κ1) is 18.4. The molecule has 2 aromatic heterocycles. The lowest BCUT2D eigenvalue weighted by Gasteiger charge is -2.33. The third-order valence-electron chi connectivity index (χ3n) is 3.98. The molecule has 138 valence electrons. The van der Waals surface area contributed by atoms with Crippen molar-refractivity contribution >= 4 is 34.1 Å². The third kappa shape index (κ3) is 5.58. The Morgan fingerprint density at radius 2 is 1.88 bits per heavy atom. The average Bonchev–Trinajstić information content (AvgIpc) is 3.03. The number of piperazine rings is 1. The molecule has 0 aromatic carbocycles. The van der Waals surface area contributed by atoms with E-state index in [0.717, 1.165) is 37.6 Å². The summed E-state index contributed by atoms with van der Waals surface area (Å²) in [7, 11) is 0. The maximum absolute atomic E-state index is 12.1. The summed E-state index contributed by atoms with van der Waals surface area (Å²) in [6, 6.07) is 5.44. The Kier molecular flexibility index (Phi) is 6.26. The van der Waals surface area contributed by atoms with Gasteiger partial charge in [0.25, 0.3) is 0 Å². The van der Waals surface area contributed by atoms with E-state index in [2.05, 4.69) is 30.4 Å². The molecule has 3 heterocycles. The lowest BCUT2D eigenvalue weighted by Crippen LogP contribution is -2.48. The fraction of sp³-hybridized carbons (Fsp3) is 0.412. The Morgan fingerprint density at radius 1 is 1.12 bits per heavy atom. The Bertz CT molecular complexity index is 743. The number of anilines is 2. The van der Waals surface area contributed by atoms with Gasteiger partial charge in [0.05, 0.1) is 6.54 Å². The van der Waals surface area contributed by atoms with Crippen molar-refractivity contribution < 1.29 is 9.59 Å². The summed E-state index contributed by atoms with van der Waals surface area (Å²) in [6.07, 6.45) is 3.47. The number of nitrogens with one attached hydrogen (secondary N) is 2. The zero-order valence-electron chi connectivity index (χ0n) is 14.6. The predicted molar refractivity (Wildman–Crippen MR) is 101 cm³/mol. The highest BCUT2D eigenvalue weighted by molar-refractivity contribution is 7.15. The van der Waals surface area contributed by atoms with Crippen molar-refractivity contribution in [2.75, 3.05) is 43.4 Å². The summed E-state index contributed by atoms with van der Waals surface area (Å²) in [5, 5.41) is 6.15. The largest absolute Gasteiger partial charge is 0.310 e. The van der Waals surface area contributed by atoms with Gasteiger partial charge in [0, 0.05) is 56.9 Å². The molecule has 1 aliphatic heterocycles. The molecule has 0 atom stereocenters. The van der Waals surface area contributed by atoms with Gasteiger partial charge in [-0.15, -0.1) is 11.3 Å². The zero-order valence-corrected chi connectivity index (χ0v) is 15.5. The molecular formula is C17H22N6O2S. The van der Waals surface area contributed by atoms with Crippen molar-refractivity contribution in [3.8, 4) is 0 Å². The van der Waals surface area contributed by atoms with Crippen molar-refractivity contribution in [2.24, 2.45) is 0 Å². The Balaban J connectivity index is 1.40. The van der Waals surface area contributed by atoms with Gasteiger partial charge in [-0.05, 0) is 12.1 Å². The molecule has 2 amide bonds. The molecule has 2 aromatic rings. The van der Waals surface area contributed by atoms with Gasteiger partial charge in [-0.1, -0.05) is 6.07 Å². The molecule has 0 bridgehead atoms. The van der Waals surface area contributed by atoms with E-state index in [1.807, 2.05) is 18.3 Å². The molecule has 0 aliphatic carbocycles. The summed E-state index contributed by atoms with van der Waals surface area (Å²) < 4.78 is 0. The Hall–Kier alpha value is -2.36. The smallest absolute Gasteiger partial charge is 0.239 e. The van der Waals surface area contributed by atoms with Crippen LogP contribution in [0.5, 0.6) is 0 Å². The zero-order chi connectivity index (χ0) is 18.4. The maximum atomic E-state index is 12.1. The second-order valence-corrected chi connectivity index (χ2v) is 7.24. The van der Waals surface area contributed by atoms with Crippen molar-refractivity contribution in [3.63, 3.8) is 0 Å². The lowest BCUT2D eigenvalue weighted by atomic mass is 10.3. The van der Waals surface area contributed by atoms with E-state index in [1.165, 1.54) is 18.3 Å². The van der Waals surface area contributed by atoms with Gasteiger partial charge in [0.1, 0.15) is 5.82 Å². The number of carbonyl (C=O) groups excluding carboxylic acids is 2. The summed E-state index contributed by atoms with van der Waals surface area (Å²) in [5.74, 6) is 0.430. The van der Waals surface area contributed by atoms with E-state index < -0.39 is 0 Å². The highest BCUT2D eigenvalue weighted by Crippen LogP contribution is 2.20. The number of rotatable bonds is 6. The van der Waals surface area contributed by atoms with Crippen LogP contribution in [-0.4, -0.2) is 64.3 Å². The second kappa shape index (κ2) is 8.84. The molecule has 26 heavy (non-hydrogen) atoms. The average molecular weight is 374 g/mol. The Morgan fingerprint density at radius 3 is 2.58 bits per heavy atom. The number of pyridine rings is 1. The van der Waals surface area contributed by atoms with Crippen LogP contribution in [0, 0.1) is 0 Å². The number of thiazole rings is 1. The van der Waals surface area contributed by atoms with Crippen LogP contribution in [0.15, 0.2) is 30.6 Å². The van der Waals surface area contributed by atoms with Gasteiger partial charge < -0.3 is 10.6 Å². The van der Waals surface area contributed by atoms with Crippen LogP contribution in [0.4, 0.5) is 10.9 Å². The van der Waals surface area contributed by atoms with E-state index >= 15 is 0 Å². The van der Waals surface area contributed by atoms with Crippen LogP contribution >= 0.6 is 11.3 Å². The van der Waals surface area contributed by atoms with E-state index in [9.17, 15) is 9.59 Å². The summed E-state index contributed by atoms with van der Waals surface area (Å²) in [5.41, 5.74) is 0. The van der Waals surface area contributed by atoms with Gasteiger partial charge in [-0.2, -0.15) is 0 Å². The standard InChI is InChI=1S/C17H22N6O2S/c1-13(24)20-17-19-10-14(26-17)11-22-6-8-23(9-7-22)12-16(25)21-15-4-2-3-5-18-15/h2-5,10H,6-9,11-12H2,1H3,(H,18,21,25)(H,19,20,24). The number of aromatic nitrogens is 2. The quantitative estimate of drug-likeness (QED) is 0.791. The van der Waals surface area contributed by atoms with Gasteiger partial charge in [0.15, 0.2) is 5.13 Å². The highest BCUT2D eigenvalue weighted by atomic mass is 32.1. The van der Waals surface area contributed by atoms with Crippen molar-refractivity contribution in [1.82, 2.24) is 19.8 Å². The van der Waals surface area contributed by atoms with Crippen LogP contribution in [0.3, 0.4) is 0 Å². The van der Waals surface area contributed by atoms with Crippen LogP contribution in [0.1, 0.15) is 11.8 Å². The molecular weight excluding hydrogens is 352 g/mol. The molecule has 0 radical (unpaired) electrons. The van der Waals surface area contributed by atoms with E-state index in [4.69, 9.17) is 0 Å². The minimum absolute atomic E-state index is 0.0421. The van der Waals surface area contributed by atoms with Gasteiger partial charge in [-0.25, -0.2) is 9.97 Å². The molecule has 9 heteroatoms. The first-order valence-electron chi connectivity index (χ1n) is 8.46. The SMILES string of the molecule is CC(=O)Nc1ncc(CN2CCN(CC(=O)Nc3ccccn3)CC2)s1. The van der Waals surface area contributed by atoms with Gasteiger partial charge in [0.2, 0.25) is 11.8 Å². The number of hydrogen-bond donors (Lipinski definition) is 2. The van der Waals surface area contributed by atoms with E-state index in [0.29, 0.717) is 17.5 Å². The Labute approximate surface area is 156 Å². The molecule has 1 saturated heterocycles. The normalized spacial score (nSPS) is 15.6. The molecule has 0 saturated carbocycles. The first-order valence-corrected chi connectivity index (χ1v) is 9.28. The molecule has 8 nitrogen and oxygen atoms in total. The number of nitrogens with zero attached hydrogens (tertiary/aromatic N) is 4. The lowest BCUT2D eigenvalue weighted by molar-refractivity contribution is -0.118. The molecule has 3 rings (SSSR count). The summed E-state index contributed by atoms with van der Waals surface area (Å²) >= 11 is 1.50. The second-order valence-electron chi connectivity index (χ2n) is 6.13. The van der Waals surface area contributed by atoms with Crippen LogP contribution < -0.4 is 10.6 Å². The molecule has 0 spiro atoms. The number of carbonyl (C=O) groups is 2. The molecule has 1 fully saturated rings.